The maximum atomic E-state index is 12.9. The monoisotopic (exact) mass is 406 g/mol. The van der Waals surface area contributed by atoms with Gasteiger partial charge in [0, 0.05) is 27.8 Å². The number of hydrogen-bond donors (Lipinski definition) is 0. The van der Waals surface area contributed by atoms with Crippen LogP contribution in [0.4, 0.5) is 5.69 Å². The summed E-state index contributed by atoms with van der Waals surface area (Å²) in [6, 6.07) is 17.0. The Hall–Kier alpha value is -2.86. The van der Waals surface area contributed by atoms with Crippen molar-refractivity contribution in [3.05, 3.63) is 65.9 Å². The van der Waals surface area contributed by atoms with Gasteiger partial charge in [0.1, 0.15) is 0 Å². The van der Waals surface area contributed by atoms with E-state index in [4.69, 9.17) is 4.74 Å². The van der Waals surface area contributed by atoms with Crippen LogP contribution in [0.15, 0.2) is 59.5 Å². The molecule has 2 heterocycles. The number of para-hydroxylation sites is 2. The lowest BCUT2D eigenvalue weighted by Gasteiger charge is -2.22. The number of anilines is 1. The van der Waals surface area contributed by atoms with Gasteiger partial charge in [-0.15, -0.1) is 11.8 Å². The van der Waals surface area contributed by atoms with Crippen molar-refractivity contribution in [2.45, 2.75) is 30.4 Å². The number of fused-ring (bicyclic) bond motifs is 2. The first-order chi connectivity index (χ1) is 14.0. The predicted molar refractivity (Wildman–Crippen MR) is 115 cm³/mol. The topological polar surface area (TPSA) is 59.5 Å². The zero-order valence-electron chi connectivity index (χ0n) is 16.4. The first-order valence-electron chi connectivity index (χ1n) is 9.62. The van der Waals surface area contributed by atoms with Gasteiger partial charge in [-0.25, -0.2) is 4.79 Å². The lowest BCUT2D eigenvalue weighted by Crippen LogP contribution is -2.35. The van der Waals surface area contributed by atoms with E-state index in [1.54, 1.807) is 22.7 Å². The highest BCUT2D eigenvalue weighted by Crippen LogP contribution is 2.37. The summed E-state index contributed by atoms with van der Waals surface area (Å²) in [5, 5.41) is 1.14. The fraction of sp³-hybridized carbons (Fsp3) is 0.261. The van der Waals surface area contributed by atoms with Crippen LogP contribution in [0.1, 0.15) is 29.4 Å². The van der Waals surface area contributed by atoms with Crippen LogP contribution in [0.2, 0.25) is 0 Å². The first kappa shape index (κ1) is 19.5. The molecule has 0 unspecified atom stereocenters. The largest absolute Gasteiger partial charge is 0.452 e. The van der Waals surface area contributed by atoms with Gasteiger partial charge in [-0.05, 0) is 37.6 Å². The molecule has 0 bridgehead atoms. The third-order valence-electron chi connectivity index (χ3n) is 4.94. The molecule has 3 aromatic rings. The number of carbonyl (C=O) groups excluding carboxylic acids is 2. The molecule has 0 saturated heterocycles. The highest BCUT2D eigenvalue weighted by Gasteiger charge is 2.25. The van der Waals surface area contributed by atoms with E-state index in [9.17, 15) is 9.59 Å². The van der Waals surface area contributed by atoms with Gasteiger partial charge in [0.2, 0.25) is 0 Å². The van der Waals surface area contributed by atoms with Gasteiger partial charge in [-0.2, -0.15) is 0 Å². The van der Waals surface area contributed by atoms with Gasteiger partial charge in [0.25, 0.3) is 5.91 Å². The highest BCUT2D eigenvalue weighted by atomic mass is 32.2. The summed E-state index contributed by atoms with van der Waals surface area (Å²) in [6.45, 7) is 4.31. The van der Waals surface area contributed by atoms with Crippen molar-refractivity contribution in [2.75, 3.05) is 18.1 Å². The summed E-state index contributed by atoms with van der Waals surface area (Å²) >= 11 is 1.77. The molecule has 1 aliphatic rings. The molecule has 1 aliphatic heterocycles. The number of benzene rings is 2. The maximum Gasteiger partial charge on any atom is 0.339 e. The molecule has 5 nitrogen and oxygen atoms in total. The minimum Gasteiger partial charge on any atom is -0.452 e. The van der Waals surface area contributed by atoms with Crippen molar-refractivity contribution in [1.82, 2.24) is 4.98 Å². The van der Waals surface area contributed by atoms with E-state index >= 15 is 0 Å². The van der Waals surface area contributed by atoms with E-state index in [0.29, 0.717) is 17.4 Å². The van der Waals surface area contributed by atoms with Crippen molar-refractivity contribution in [3.8, 4) is 0 Å². The van der Waals surface area contributed by atoms with Crippen molar-refractivity contribution >= 4 is 40.2 Å². The van der Waals surface area contributed by atoms with Gasteiger partial charge in [-0.1, -0.05) is 37.3 Å². The van der Waals surface area contributed by atoms with E-state index in [0.717, 1.165) is 33.6 Å². The highest BCUT2D eigenvalue weighted by molar-refractivity contribution is 8.00. The summed E-state index contributed by atoms with van der Waals surface area (Å²) in [7, 11) is 0. The summed E-state index contributed by atoms with van der Waals surface area (Å²) in [5.74, 6) is -0.721. The number of aryl methyl sites for hydroxylation is 1. The zero-order valence-corrected chi connectivity index (χ0v) is 17.2. The Morgan fingerprint density at radius 1 is 1.17 bits per heavy atom. The molecule has 4 rings (SSSR count). The van der Waals surface area contributed by atoms with Crippen molar-refractivity contribution < 1.29 is 14.3 Å². The molecule has 29 heavy (non-hydrogen) atoms. The Morgan fingerprint density at radius 3 is 2.79 bits per heavy atom. The van der Waals surface area contributed by atoms with Gasteiger partial charge in [0.15, 0.2) is 6.61 Å². The van der Waals surface area contributed by atoms with E-state index in [1.807, 2.05) is 55.5 Å². The molecule has 6 heteroatoms. The van der Waals surface area contributed by atoms with Crippen LogP contribution < -0.4 is 4.90 Å². The number of carbonyl (C=O) groups is 2. The second-order valence-electron chi connectivity index (χ2n) is 7.13. The van der Waals surface area contributed by atoms with E-state index in [1.165, 1.54) is 0 Å². The summed E-state index contributed by atoms with van der Waals surface area (Å²) in [6.07, 6.45) is 0.882. The van der Waals surface area contributed by atoms with Crippen LogP contribution in [-0.2, 0) is 9.53 Å². The predicted octanol–water partition coefficient (Wildman–Crippen LogP) is 4.62. The number of pyridine rings is 1. The van der Waals surface area contributed by atoms with Gasteiger partial charge >= 0.3 is 5.97 Å². The second-order valence-corrected chi connectivity index (χ2v) is 8.61. The molecule has 1 amide bonds. The normalized spacial score (nSPS) is 16.2. The van der Waals surface area contributed by atoms with E-state index in [2.05, 4.69) is 11.9 Å². The van der Waals surface area contributed by atoms with Gasteiger partial charge in [-0.3, -0.25) is 9.78 Å². The summed E-state index contributed by atoms with van der Waals surface area (Å²) in [5.41, 5.74) is 2.78. The molecular formula is C23H22N2O3S. The number of esters is 1. The van der Waals surface area contributed by atoms with E-state index < -0.39 is 5.97 Å². The maximum absolute atomic E-state index is 12.9. The smallest absolute Gasteiger partial charge is 0.339 e. The van der Waals surface area contributed by atoms with Crippen LogP contribution in [0.25, 0.3) is 10.9 Å². The number of hydrogen-bond acceptors (Lipinski definition) is 5. The molecule has 0 N–H and O–H groups in total. The molecule has 0 saturated carbocycles. The molecule has 0 radical (unpaired) electrons. The number of thioether (sulfide) groups is 1. The van der Waals surface area contributed by atoms with Gasteiger partial charge in [0.05, 0.1) is 16.8 Å². The quantitative estimate of drug-likeness (QED) is 0.594. The SMILES string of the molecule is Cc1cc(C(=O)OCC(=O)N2CC[C@@H](C)Sc3ccccc32)c2ccccc2n1. The van der Waals surface area contributed by atoms with Crippen molar-refractivity contribution in [2.24, 2.45) is 0 Å². The zero-order chi connectivity index (χ0) is 20.4. The molecule has 1 aromatic heterocycles. The van der Waals surface area contributed by atoms with Gasteiger partial charge < -0.3 is 9.64 Å². The van der Waals surface area contributed by atoms with Crippen LogP contribution in [-0.4, -0.2) is 35.3 Å². The number of rotatable bonds is 3. The Morgan fingerprint density at radius 2 is 1.93 bits per heavy atom. The second kappa shape index (κ2) is 8.25. The van der Waals surface area contributed by atoms with Crippen LogP contribution in [0.3, 0.4) is 0 Å². The summed E-state index contributed by atoms with van der Waals surface area (Å²) < 4.78 is 5.42. The Bertz CT molecular complexity index is 1080. The third-order valence-corrected chi connectivity index (χ3v) is 6.17. The molecule has 1 atom stereocenters. The number of nitrogens with zero attached hydrogens (tertiary/aromatic N) is 2. The fourth-order valence-corrected chi connectivity index (χ4v) is 4.62. The van der Waals surface area contributed by atoms with Crippen molar-refractivity contribution in [3.63, 3.8) is 0 Å². The molecular weight excluding hydrogens is 384 g/mol. The summed E-state index contributed by atoms with van der Waals surface area (Å²) in [4.78, 5) is 32.9. The first-order valence-corrected chi connectivity index (χ1v) is 10.5. The van der Waals surface area contributed by atoms with Crippen LogP contribution in [0.5, 0.6) is 0 Å². The molecule has 148 valence electrons. The third kappa shape index (κ3) is 4.12. The average Bonchev–Trinajstić information content (AvgIpc) is 2.89. The van der Waals surface area contributed by atoms with Crippen LogP contribution in [0, 0.1) is 6.92 Å². The standard InChI is InChI=1S/C23H22N2O3S/c1-15-13-18(17-7-3-4-8-19(17)24-15)23(27)28-14-22(26)25-12-11-16(2)29-21-10-6-5-9-20(21)25/h3-10,13,16H,11-12,14H2,1-2H3/t16-/m1/s1. The Kier molecular flexibility index (Phi) is 5.53. The average molecular weight is 407 g/mol. The molecule has 0 fully saturated rings. The fourth-order valence-electron chi connectivity index (χ4n) is 3.51. The minimum atomic E-state index is -0.508. The van der Waals surface area contributed by atoms with Crippen LogP contribution >= 0.6 is 11.8 Å². The molecule has 0 spiro atoms. The van der Waals surface area contributed by atoms with Crippen molar-refractivity contribution in [1.29, 1.82) is 0 Å². The minimum absolute atomic E-state index is 0.212. The molecule has 0 aliphatic carbocycles. The number of amides is 1. The van der Waals surface area contributed by atoms with E-state index in [-0.39, 0.29) is 12.5 Å². The lowest BCUT2D eigenvalue weighted by molar-refractivity contribution is -0.121. The number of ether oxygens (including phenoxy) is 1. The Balaban J connectivity index is 1.53. The number of aromatic nitrogens is 1. The molecule has 2 aromatic carbocycles. The Labute approximate surface area is 174 Å². The lowest BCUT2D eigenvalue weighted by atomic mass is 10.1.